The Bertz CT molecular complexity index is 935. The summed E-state index contributed by atoms with van der Waals surface area (Å²) in [4.78, 5) is 27.3. The van der Waals surface area contributed by atoms with Crippen molar-refractivity contribution in [1.82, 2.24) is 15.1 Å². The van der Waals surface area contributed by atoms with Crippen molar-refractivity contribution < 1.29 is 14.5 Å². The normalized spacial score (nSPS) is 17.5. The van der Waals surface area contributed by atoms with E-state index in [0.717, 1.165) is 18.7 Å². The van der Waals surface area contributed by atoms with Gasteiger partial charge in [-0.15, -0.1) is 10.2 Å². The largest absolute Gasteiger partial charge is 0.473 e. The first kappa shape index (κ1) is 21.0. The van der Waals surface area contributed by atoms with Crippen LogP contribution in [0.4, 0.5) is 11.5 Å². The zero-order valence-corrected chi connectivity index (χ0v) is 17.7. The van der Waals surface area contributed by atoms with Crippen LogP contribution in [0.1, 0.15) is 48.0 Å². The fourth-order valence-corrected chi connectivity index (χ4v) is 4.16. The molecule has 1 saturated heterocycles. The second-order valence-electron chi connectivity index (χ2n) is 8.15. The van der Waals surface area contributed by atoms with Gasteiger partial charge in [-0.3, -0.25) is 14.9 Å². The number of benzene rings is 1. The van der Waals surface area contributed by atoms with Gasteiger partial charge in [-0.1, -0.05) is 12.5 Å². The molecule has 4 rings (SSSR count). The van der Waals surface area contributed by atoms with E-state index >= 15 is 0 Å². The third kappa shape index (κ3) is 4.92. The van der Waals surface area contributed by atoms with Gasteiger partial charge >= 0.3 is 0 Å². The number of nitro benzene ring substituents is 1. The maximum atomic E-state index is 12.8. The lowest BCUT2D eigenvalue weighted by atomic mass is 9.98. The van der Waals surface area contributed by atoms with E-state index in [0.29, 0.717) is 43.2 Å². The van der Waals surface area contributed by atoms with Crippen molar-refractivity contribution in [2.24, 2.45) is 0 Å². The Morgan fingerprint density at radius 1 is 1.06 bits per heavy atom. The molecule has 164 valence electrons. The third-order valence-electron chi connectivity index (χ3n) is 6.01. The van der Waals surface area contributed by atoms with Crippen molar-refractivity contribution in [3.05, 3.63) is 51.6 Å². The second-order valence-corrected chi connectivity index (χ2v) is 8.15. The van der Waals surface area contributed by atoms with Gasteiger partial charge < -0.3 is 14.5 Å². The van der Waals surface area contributed by atoms with Crippen LogP contribution in [0, 0.1) is 17.0 Å². The molecule has 1 aromatic heterocycles. The van der Waals surface area contributed by atoms with Crippen molar-refractivity contribution in [3.63, 3.8) is 0 Å². The Kier molecular flexibility index (Phi) is 6.29. The fraction of sp³-hybridized carbons (Fsp3) is 0.500. The fourth-order valence-electron chi connectivity index (χ4n) is 4.16. The minimum atomic E-state index is -0.454. The van der Waals surface area contributed by atoms with Crippen molar-refractivity contribution in [2.45, 2.75) is 45.1 Å². The van der Waals surface area contributed by atoms with E-state index in [-0.39, 0.29) is 17.7 Å². The van der Waals surface area contributed by atoms with Crippen LogP contribution in [0.5, 0.6) is 5.88 Å². The number of hydrogen-bond acceptors (Lipinski definition) is 7. The van der Waals surface area contributed by atoms with E-state index in [9.17, 15) is 14.9 Å². The van der Waals surface area contributed by atoms with Gasteiger partial charge in [0.1, 0.15) is 6.10 Å². The van der Waals surface area contributed by atoms with Crippen LogP contribution >= 0.6 is 0 Å². The summed E-state index contributed by atoms with van der Waals surface area (Å²) in [7, 11) is 0. The molecule has 2 fully saturated rings. The Morgan fingerprint density at radius 3 is 2.45 bits per heavy atom. The lowest BCUT2D eigenvalue weighted by molar-refractivity contribution is -0.385. The first-order valence-electron chi connectivity index (χ1n) is 10.8. The number of carbonyl (C=O) groups is 1. The molecule has 0 atom stereocenters. The monoisotopic (exact) mass is 425 g/mol. The third-order valence-corrected chi connectivity index (χ3v) is 6.01. The van der Waals surface area contributed by atoms with Crippen LogP contribution < -0.4 is 9.64 Å². The molecule has 1 amide bonds. The molecule has 2 aliphatic rings. The minimum absolute atomic E-state index is 0.0321. The van der Waals surface area contributed by atoms with Crippen LogP contribution in [0.25, 0.3) is 0 Å². The van der Waals surface area contributed by atoms with Gasteiger partial charge in [0.2, 0.25) is 5.88 Å². The molecule has 1 aliphatic carbocycles. The number of amides is 1. The summed E-state index contributed by atoms with van der Waals surface area (Å²) in [5.74, 6) is 1.13. The van der Waals surface area contributed by atoms with Gasteiger partial charge in [-0.05, 0) is 44.7 Å². The number of anilines is 1. The Morgan fingerprint density at radius 2 is 1.81 bits per heavy atom. The lowest BCUT2D eigenvalue weighted by Gasteiger charge is -2.35. The number of aryl methyl sites for hydroxylation is 1. The summed E-state index contributed by atoms with van der Waals surface area (Å²) >= 11 is 0. The molecule has 0 radical (unpaired) electrons. The molecule has 1 saturated carbocycles. The van der Waals surface area contributed by atoms with Crippen molar-refractivity contribution >= 4 is 17.4 Å². The summed E-state index contributed by atoms with van der Waals surface area (Å²) in [6, 6.07) is 8.40. The first-order valence-corrected chi connectivity index (χ1v) is 10.8. The van der Waals surface area contributed by atoms with Crippen LogP contribution in [-0.2, 0) is 0 Å². The summed E-state index contributed by atoms with van der Waals surface area (Å²) in [6.07, 6.45) is 6.07. The number of nitro groups is 1. The van der Waals surface area contributed by atoms with E-state index in [2.05, 4.69) is 15.1 Å². The maximum absolute atomic E-state index is 12.8. The van der Waals surface area contributed by atoms with E-state index in [1.807, 2.05) is 12.1 Å². The van der Waals surface area contributed by atoms with Gasteiger partial charge in [0.05, 0.1) is 4.92 Å². The average Bonchev–Trinajstić information content (AvgIpc) is 2.80. The minimum Gasteiger partial charge on any atom is -0.473 e. The van der Waals surface area contributed by atoms with E-state index in [4.69, 9.17) is 4.74 Å². The molecule has 0 bridgehead atoms. The molecular formula is C22H27N5O4. The number of hydrogen-bond donors (Lipinski definition) is 0. The molecule has 0 spiro atoms. The van der Waals surface area contributed by atoms with Crippen LogP contribution in [0.3, 0.4) is 0 Å². The topological polar surface area (TPSA) is 102 Å². The van der Waals surface area contributed by atoms with E-state index in [1.165, 1.54) is 25.3 Å². The summed E-state index contributed by atoms with van der Waals surface area (Å²) < 4.78 is 5.94. The zero-order valence-electron chi connectivity index (χ0n) is 17.7. The highest BCUT2D eigenvalue weighted by Gasteiger charge is 2.25. The molecular weight excluding hydrogens is 398 g/mol. The molecule has 1 aromatic carbocycles. The smallest absolute Gasteiger partial charge is 0.273 e. The van der Waals surface area contributed by atoms with Crippen LogP contribution in [0.15, 0.2) is 30.3 Å². The zero-order chi connectivity index (χ0) is 21.8. The second kappa shape index (κ2) is 9.28. The highest BCUT2D eigenvalue weighted by Crippen LogP contribution is 2.24. The summed E-state index contributed by atoms with van der Waals surface area (Å²) in [6.45, 7) is 3.94. The van der Waals surface area contributed by atoms with Crippen molar-refractivity contribution in [3.8, 4) is 5.88 Å². The number of carbonyl (C=O) groups excluding carboxylic acids is 1. The Hall–Kier alpha value is -3.23. The molecule has 2 heterocycles. The van der Waals surface area contributed by atoms with Gasteiger partial charge in [0.15, 0.2) is 5.82 Å². The van der Waals surface area contributed by atoms with Crippen LogP contribution in [0.2, 0.25) is 0 Å². The Balaban J connectivity index is 1.33. The SMILES string of the molecule is Cc1ccc(C(=O)N2CCN(c3ccc(OC4CCCCC4)nn3)CC2)cc1[N+](=O)[O-]. The first-order chi connectivity index (χ1) is 15.0. The van der Waals surface area contributed by atoms with Crippen molar-refractivity contribution in [1.29, 1.82) is 0 Å². The number of nitrogens with zero attached hydrogens (tertiary/aromatic N) is 5. The Labute approximate surface area is 181 Å². The molecule has 2 aromatic rings. The van der Waals surface area contributed by atoms with Gasteiger partial charge in [0, 0.05) is 49.4 Å². The number of aromatic nitrogens is 2. The summed E-state index contributed by atoms with van der Waals surface area (Å²) in [5.41, 5.74) is 0.853. The number of piperazine rings is 1. The van der Waals surface area contributed by atoms with Crippen molar-refractivity contribution in [2.75, 3.05) is 31.1 Å². The quantitative estimate of drug-likeness (QED) is 0.535. The van der Waals surface area contributed by atoms with Gasteiger partial charge in [-0.2, -0.15) is 0 Å². The maximum Gasteiger partial charge on any atom is 0.273 e. The average molecular weight is 425 g/mol. The number of ether oxygens (including phenoxy) is 1. The molecule has 31 heavy (non-hydrogen) atoms. The predicted molar refractivity (Wildman–Crippen MR) is 115 cm³/mol. The van der Waals surface area contributed by atoms with E-state index < -0.39 is 4.92 Å². The molecule has 0 N–H and O–H groups in total. The number of rotatable bonds is 5. The molecule has 9 nitrogen and oxygen atoms in total. The molecule has 9 heteroatoms. The van der Waals surface area contributed by atoms with Gasteiger partial charge in [0.25, 0.3) is 11.6 Å². The predicted octanol–water partition coefficient (Wildman–Crippen LogP) is 3.37. The van der Waals surface area contributed by atoms with E-state index in [1.54, 1.807) is 24.0 Å². The molecule has 0 unspecified atom stereocenters. The summed E-state index contributed by atoms with van der Waals surface area (Å²) in [5, 5.41) is 19.7. The lowest BCUT2D eigenvalue weighted by Crippen LogP contribution is -2.49. The molecule has 1 aliphatic heterocycles. The van der Waals surface area contributed by atoms with Gasteiger partial charge in [-0.25, -0.2) is 0 Å². The van der Waals surface area contributed by atoms with Crippen LogP contribution in [-0.4, -0.2) is 58.2 Å². The highest BCUT2D eigenvalue weighted by atomic mass is 16.6. The highest BCUT2D eigenvalue weighted by molar-refractivity contribution is 5.95. The standard InChI is InChI=1S/C22H27N5O4/c1-16-7-8-17(15-19(16)27(29)30)22(28)26-13-11-25(12-14-26)20-9-10-21(24-23-20)31-18-5-3-2-4-6-18/h7-10,15,18H,2-6,11-14H2,1H3.